The lowest BCUT2D eigenvalue weighted by Gasteiger charge is -2.09. The van der Waals surface area contributed by atoms with Gasteiger partial charge in [0.2, 0.25) is 0 Å². The van der Waals surface area contributed by atoms with Crippen LogP contribution in [0.15, 0.2) is 24.3 Å². The van der Waals surface area contributed by atoms with E-state index in [0.717, 1.165) is 12.2 Å². The number of benzene rings is 1. The summed E-state index contributed by atoms with van der Waals surface area (Å²) in [4.78, 5) is 0. The van der Waals surface area contributed by atoms with Crippen molar-refractivity contribution in [3.63, 3.8) is 0 Å². The van der Waals surface area contributed by atoms with Gasteiger partial charge in [-0.05, 0) is 25.5 Å². The highest BCUT2D eigenvalue weighted by Gasteiger charge is 2.00. The molecule has 0 aliphatic rings. The monoisotopic (exact) mass is 194 g/mol. The topological polar surface area (TPSA) is 29.5 Å². The zero-order valence-electron chi connectivity index (χ0n) is 8.86. The van der Waals surface area contributed by atoms with Gasteiger partial charge < -0.3 is 9.84 Å². The molecule has 1 aromatic rings. The SMILES string of the molecule is CC[C@@H](O)CCOc1ccc(C)cc1. The third kappa shape index (κ3) is 3.79. The average molecular weight is 194 g/mol. The molecule has 1 atom stereocenters. The Morgan fingerprint density at radius 1 is 1.29 bits per heavy atom. The molecule has 14 heavy (non-hydrogen) atoms. The highest BCUT2D eigenvalue weighted by atomic mass is 16.5. The molecule has 0 aromatic heterocycles. The maximum Gasteiger partial charge on any atom is 0.119 e. The minimum Gasteiger partial charge on any atom is -0.493 e. The summed E-state index contributed by atoms with van der Waals surface area (Å²) >= 11 is 0. The number of rotatable bonds is 5. The van der Waals surface area contributed by atoms with Crippen LogP contribution >= 0.6 is 0 Å². The molecule has 1 aromatic carbocycles. The molecule has 2 heteroatoms. The van der Waals surface area contributed by atoms with Gasteiger partial charge in [0, 0.05) is 6.42 Å². The maximum atomic E-state index is 9.30. The van der Waals surface area contributed by atoms with Gasteiger partial charge in [-0.2, -0.15) is 0 Å². The Kier molecular flexibility index (Phi) is 4.47. The van der Waals surface area contributed by atoms with Gasteiger partial charge in [0.15, 0.2) is 0 Å². The first-order valence-electron chi connectivity index (χ1n) is 5.10. The fourth-order valence-electron chi connectivity index (χ4n) is 1.15. The second-order valence-electron chi connectivity index (χ2n) is 3.51. The van der Waals surface area contributed by atoms with E-state index in [0.29, 0.717) is 13.0 Å². The Morgan fingerprint density at radius 2 is 1.93 bits per heavy atom. The number of aliphatic hydroxyl groups is 1. The van der Waals surface area contributed by atoms with E-state index in [9.17, 15) is 5.11 Å². The first-order valence-corrected chi connectivity index (χ1v) is 5.10. The van der Waals surface area contributed by atoms with Crippen molar-refractivity contribution in [1.82, 2.24) is 0 Å². The predicted octanol–water partition coefficient (Wildman–Crippen LogP) is 2.53. The third-order valence-corrected chi connectivity index (χ3v) is 2.21. The van der Waals surface area contributed by atoms with Crippen molar-refractivity contribution in [1.29, 1.82) is 0 Å². The molecule has 0 spiro atoms. The lowest BCUT2D eigenvalue weighted by Crippen LogP contribution is -2.10. The van der Waals surface area contributed by atoms with Crippen LogP contribution in [0.1, 0.15) is 25.3 Å². The molecular weight excluding hydrogens is 176 g/mol. The Bertz CT molecular complexity index is 254. The fraction of sp³-hybridized carbons (Fsp3) is 0.500. The summed E-state index contributed by atoms with van der Waals surface area (Å²) in [6.07, 6.45) is 1.25. The van der Waals surface area contributed by atoms with E-state index in [-0.39, 0.29) is 6.10 Å². The molecule has 0 radical (unpaired) electrons. The van der Waals surface area contributed by atoms with E-state index in [1.807, 2.05) is 38.1 Å². The second kappa shape index (κ2) is 5.66. The van der Waals surface area contributed by atoms with Gasteiger partial charge in [-0.25, -0.2) is 0 Å². The van der Waals surface area contributed by atoms with Gasteiger partial charge in [-0.1, -0.05) is 24.6 Å². The molecular formula is C12H18O2. The summed E-state index contributed by atoms with van der Waals surface area (Å²) in [6, 6.07) is 7.94. The molecule has 0 aliphatic heterocycles. The van der Waals surface area contributed by atoms with Gasteiger partial charge in [0.25, 0.3) is 0 Å². The number of hydrogen-bond acceptors (Lipinski definition) is 2. The van der Waals surface area contributed by atoms with Crippen molar-refractivity contribution in [2.45, 2.75) is 32.8 Å². The Labute approximate surface area is 85.5 Å². The quantitative estimate of drug-likeness (QED) is 0.780. The van der Waals surface area contributed by atoms with Gasteiger partial charge in [-0.15, -0.1) is 0 Å². The van der Waals surface area contributed by atoms with Crippen molar-refractivity contribution in [3.8, 4) is 5.75 Å². The van der Waals surface area contributed by atoms with Crippen LogP contribution in [0.3, 0.4) is 0 Å². The summed E-state index contributed by atoms with van der Waals surface area (Å²) in [5.41, 5.74) is 1.23. The fourth-order valence-corrected chi connectivity index (χ4v) is 1.15. The van der Waals surface area contributed by atoms with E-state index in [1.165, 1.54) is 5.56 Å². The van der Waals surface area contributed by atoms with Gasteiger partial charge >= 0.3 is 0 Å². The summed E-state index contributed by atoms with van der Waals surface area (Å²) in [6.45, 7) is 4.60. The molecule has 0 heterocycles. The molecule has 0 bridgehead atoms. The van der Waals surface area contributed by atoms with Crippen molar-refractivity contribution in [3.05, 3.63) is 29.8 Å². The number of ether oxygens (including phenoxy) is 1. The van der Waals surface area contributed by atoms with Crippen LogP contribution in [0.2, 0.25) is 0 Å². The van der Waals surface area contributed by atoms with Crippen LogP contribution in [-0.2, 0) is 0 Å². The molecule has 1 N–H and O–H groups in total. The number of hydrogen-bond donors (Lipinski definition) is 1. The van der Waals surface area contributed by atoms with Crippen LogP contribution in [0.4, 0.5) is 0 Å². The number of aliphatic hydroxyl groups excluding tert-OH is 1. The molecule has 0 amide bonds. The maximum absolute atomic E-state index is 9.30. The minimum absolute atomic E-state index is 0.236. The van der Waals surface area contributed by atoms with Crippen LogP contribution in [-0.4, -0.2) is 17.8 Å². The van der Waals surface area contributed by atoms with E-state index >= 15 is 0 Å². The van der Waals surface area contributed by atoms with E-state index in [2.05, 4.69) is 0 Å². The van der Waals surface area contributed by atoms with Crippen molar-refractivity contribution >= 4 is 0 Å². The zero-order chi connectivity index (χ0) is 10.4. The molecule has 0 unspecified atom stereocenters. The molecule has 2 nitrogen and oxygen atoms in total. The molecule has 0 saturated carbocycles. The molecule has 78 valence electrons. The standard InChI is InChI=1S/C12H18O2/c1-3-11(13)8-9-14-12-6-4-10(2)5-7-12/h4-7,11,13H,3,8-9H2,1-2H3/t11-/m1/s1. The molecule has 0 fully saturated rings. The summed E-state index contributed by atoms with van der Waals surface area (Å²) in [5, 5.41) is 9.30. The molecule has 1 rings (SSSR count). The lowest BCUT2D eigenvalue weighted by atomic mass is 10.2. The Morgan fingerprint density at radius 3 is 2.50 bits per heavy atom. The van der Waals surface area contributed by atoms with E-state index in [4.69, 9.17) is 4.74 Å². The van der Waals surface area contributed by atoms with E-state index in [1.54, 1.807) is 0 Å². The largest absolute Gasteiger partial charge is 0.493 e. The summed E-state index contributed by atoms with van der Waals surface area (Å²) < 4.78 is 5.47. The summed E-state index contributed by atoms with van der Waals surface area (Å²) in [7, 11) is 0. The predicted molar refractivity (Wildman–Crippen MR) is 57.6 cm³/mol. The first-order chi connectivity index (χ1) is 6.72. The zero-order valence-corrected chi connectivity index (χ0v) is 8.86. The highest BCUT2D eigenvalue weighted by molar-refractivity contribution is 5.26. The second-order valence-corrected chi connectivity index (χ2v) is 3.51. The Balaban J connectivity index is 2.28. The number of aryl methyl sites for hydroxylation is 1. The van der Waals surface area contributed by atoms with Crippen molar-refractivity contribution in [2.75, 3.05) is 6.61 Å². The Hall–Kier alpha value is -1.02. The minimum atomic E-state index is -0.236. The van der Waals surface area contributed by atoms with Gasteiger partial charge in [-0.3, -0.25) is 0 Å². The van der Waals surface area contributed by atoms with Crippen molar-refractivity contribution in [2.24, 2.45) is 0 Å². The first kappa shape index (κ1) is 11.1. The normalized spacial score (nSPS) is 12.5. The smallest absolute Gasteiger partial charge is 0.119 e. The third-order valence-electron chi connectivity index (χ3n) is 2.21. The van der Waals surface area contributed by atoms with Crippen LogP contribution in [0, 0.1) is 6.92 Å². The lowest BCUT2D eigenvalue weighted by molar-refractivity contribution is 0.135. The molecule has 0 saturated heterocycles. The summed E-state index contributed by atoms with van der Waals surface area (Å²) in [5.74, 6) is 0.874. The van der Waals surface area contributed by atoms with Crippen LogP contribution in [0.5, 0.6) is 5.75 Å². The van der Waals surface area contributed by atoms with Gasteiger partial charge in [0.1, 0.15) is 5.75 Å². The van der Waals surface area contributed by atoms with Crippen LogP contribution in [0.25, 0.3) is 0 Å². The molecule has 0 aliphatic carbocycles. The van der Waals surface area contributed by atoms with Crippen molar-refractivity contribution < 1.29 is 9.84 Å². The van der Waals surface area contributed by atoms with Gasteiger partial charge in [0.05, 0.1) is 12.7 Å². The highest BCUT2D eigenvalue weighted by Crippen LogP contribution is 2.11. The van der Waals surface area contributed by atoms with Crippen LogP contribution < -0.4 is 4.74 Å². The van der Waals surface area contributed by atoms with E-state index < -0.39 is 0 Å². The average Bonchev–Trinajstić information content (AvgIpc) is 2.21.